The number of hydrogen-bond acceptors (Lipinski definition) is 4. The number of aliphatic hydroxyl groups is 1. The van der Waals surface area contributed by atoms with Crippen molar-refractivity contribution in [2.24, 2.45) is 0 Å². The summed E-state index contributed by atoms with van der Waals surface area (Å²) in [6.45, 7) is -0.0339. The number of hydrogen-bond donors (Lipinski definition) is 1. The fourth-order valence-corrected chi connectivity index (χ4v) is 3.73. The van der Waals surface area contributed by atoms with Gasteiger partial charge >= 0.3 is 0 Å². The number of aliphatic hydroxyl groups excluding tert-OH is 1. The summed E-state index contributed by atoms with van der Waals surface area (Å²) in [4.78, 5) is 1.04. The lowest BCUT2D eigenvalue weighted by atomic mass is 10.2. The van der Waals surface area contributed by atoms with Gasteiger partial charge in [-0.15, -0.1) is 10.2 Å². The van der Waals surface area contributed by atoms with Gasteiger partial charge in [0.25, 0.3) is 0 Å². The van der Waals surface area contributed by atoms with Gasteiger partial charge in [0.1, 0.15) is 5.82 Å². The molecule has 0 amide bonds. The highest BCUT2D eigenvalue weighted by Crippen LogP contribution is 2.46. The van der Waals surface area contributed by atoms with Crippen LogP contribution >= 0.6 is 23.4 Å². The SMILES string of the molecule is OCc1ccc(Sc2nnc(C3CC3)n2C2CC2)cc1Cl. The molecule has 0 spiro atoms. The summed E-state index contributed by atoms with van der Waals surface area (Å²) in [5.74, 6) is 1.78. The van der Waals surface area contributed by atoms with E-state index < -0.39 is 0 Å². The highest BCUT2D eigenvalue weighted by molar-refractivity contribution is 7.99. The van der Waals surface area contributed by atoms with E-state index in [4.69, 9.17) is 11.6 Å². The maximum absolute atomic E-state index is 9.18. The van der Waals surface area contributed by atoms with E-state index in [2.05, 4.69) is 14.8 Å². The average Bonchev–Trinajstić information content (AvgIpc) is 3.39. The molecule has 2 fully saturated rings. The molecule has 2 aliphatic rings. The van der Waals surface area contributed by atoms with Crippen molar-refractivity contribution < 1.29 is 5.11 Å². The molecule has 0 atom stereocenters. The molecule has 2 saturated carbocycles. The summed E-state index contributed by atoms with van der Waals surface area (Å²) in [7, 11) is 0. The molecule has 0 unspecified atom stereocenters. The van der Waals surface area contributed by atoms with Gasteiger partial charge in [0.15, 0.2) is 5.16 Å². The van der Waals surface area contributed by atoms with Gasteiger partial charge in [-0.3, -0.25) is 0 Å². The molecule has 4 rings (SSSR count). The molecule has 1 N–H and O–H groups in total. The first-order valence-corrected chi connectivity index (χ1v) is 8.47. The third-order valence-corrected chi connectivity index (χ3v) is 5.25. The van der Waals surface area contributed by atoms with Crippen LogP contribution in [0.15, 0.2) is 28.3 Å². The summed E-state index contributed by atoms with van der Waals surface area (Å²) < 4.78 is 2.33. The Bertz CT molecular complexity index is 680. The molecule has 1 heterocycles. The second-order valence-electron chi connectivity index (χ2n) is 5.73. The van der Waals surface area contributed by atoms with Crippen LogP contribution in [-0.2, 0) is 6.61 Å². The summed E-state index contributed by atoms with van der Waals surface area (Å²) >= 11 is 7.77. The van der Waals surface area contributed by atoms with E-state index in [1.165, 1.54) is 25.7 Å². The van der Waals surface area contributed by atoms with E-state index >= 15 is 0 Å². The number of benzene rings is 1. The van der Waals surface area contributed by atoms with Crippen LogP contribution in [-0.4, -0.2) is 19.9 Å². The van der Waals surface area contributed by atoms with Crippen LogP contribution in [0.4, 0.5) is 0 Å². The van der Waals surface area contributed by atoms with Gasteiger partial charge in [0, 0.05) is 21.9 Å². The summed E-state index contributed by atoms with van der Waals surface area (Å²) in [6, 6.07) is 6.32. The van der Waals surface area contributed by atoms with Gasteiger partial charge < -0.3 is 9.67 Å². The largest absolute Gasteiger partial charge is 0.392 e. The van der Waals surface area contributed by atoms with Crippen molar-refractivity contribution in [3.05, 3.63) is 34.6 Å². The Balaban J connectivity index is 1.63. The van der Waals surface area contributed by atoms with Crippen molar-refractivity contribution in [2.45, 2.75) is 54.3 Å². The Kier molecular flexibility index (Phi) is 3.44. The molecule has 4 nitrogen and oxygen atoms in total. The molecule has 2 aliphatic carbocycles. The first-order valence-electron chi connectivity index (χ1n) is 7.28. The lowest BCUT2D eigenvalue weighted by Gasteiger charge is -2.09. The van der Waals surface area contributed by atoms with E-state index in [9.17, 15) is 5.11 Å². The quantitative estimate of drug-likeness (QED) is 0.910. The first-order chi connectivity index (χ1) is 10.3. The van der Waals surface area contributed by atoms with Crippen LogP contribution < -0.4 is 0 Å². The molecular weight excluding hydrogens is 306 g/mol. The molecule has 1 aromatic carbocycles. The molecule has 110 valence electrons. The monoisotopic (exact) mass is 321 g/mol. The molecule has 0 saturated heterocycles. The number of halogens is 1. The topological polar surface area (TPSA) is 50.9 Å². The first kappa shape index (κ1) is 13.6. The van der Waals surface area contributed by atoms with Crippen LogP contribution in [0.25, 0.3) is 0 Å². The standard InChI is InChI=1S/C15H16ClN3OS/c16-13-7-12(6-3-10(13)8-20)21-15-18-17-14(9-1-2-9)19(15)11-4-5-11/h3,6-7,9,11,20H,1-2,4-5,8H2. The normalized spacial score (nSPS) is 18.2. The van der Waals surface area contributed by atoms with Gasteiger partial charge in [0.05, 0.1) is 6.61 Å². The van der Waals surface area contributed by atoms with E-state index in [0.717, 1.165) is 21.4 Å². The van der Waals surface area contributed by atoms with Crippen LogP contribution in [0.3, 0.4) is 0 Å². The van der Waals surface area contributed by atoms with Crippen LogP contribution in [0, 0.1) is 0 Å². The van der Waals surface area contributed by atoms with Crippen molar-refractivity contribution in [3.63, 3.8) is 0 Å². The van der Waals surface area contributed by atoms with Gasteiger partial charge in [-0.1, -0.05) is 17.7 Å². The smallest absolute Gasteiger partial charge is 0.196 e. The Morgan fingerprint density at radius 1 is 1.24 bits per heavy atom. The second-order valence-corrected chi connectivity index (χ2v) is 7.18. The summed E-state index contributed by atoms with van der Waals surface area (Å²) in [5.41, 5.74) is 0.753. The molecule has 21 heavy (non-hydrogen) atoms. The molecule has 2 aromatic rings. The zero-order chi connectivity index (χ0) is 14.4. The highest BCUT2D eigenvalue weighted by Gasteiger charge is 2.36. The fraction of sp³-hybridized carbons (Fsp3) is 0.467. The van der Waals surface area contributed by atoms with Gasteiger partial charge in [-0.2, -0.15) is 0 Å². The lowest BCUT2D eigenvalue weighted by Crippen LogP contribution is -2.01. The van der Waals surface area contributed by atoms with Crippen molar-refractivity contribution in [3.8, 4) is 0 Å². The summed E-state index contributed by atoms with van der Waals surface area (Å²) in [6.07, 6.45) is 4.95. The Morgan fingerprint density at radius 2 is 2.05 bits per heavy atom. The van der Waals surface area contributed by atoms with Crippen molar-refractivity contribution in [2.75, 3.05) is 0 Å². The number of aromatic nitrogens is 3. The molecule has 0 bridgehead atoms. The fourth-order valence-electron chi connectivity index (χ4n) is 2.48. The highest BCUT2D eigenvalue weighted by atomic mass is 35.5. The van der Waals surface area contributed by atoms with E-state index in [1.807, 2.05) is 18.2 Å². The second kappa shape index (κ2) is 5.30. The van der Waals surface area contributed by atoms with E-state index in [-0.39, 0.29) is 6.61 Å². The van der Waals surface area contributed by atoms with Crippen LogP contribution in [0.2, 0.25) is 5.02 Å². The Morgan fingerprint density at radius 3 is 2.67 bits per heavy atom. The van der Waals surface area contributed by atoms with Gasteiger partial charge in [-0.05, 0) is 55.1 Å². The maximum atomic E-state index is 9.18. The minimum Gasteiger partial charge on any atom is -0.392 e. The van der Waals surface area contributed by atoms with Crippen LogP contribution in [0.1, 0.15) is 49.0 Å². The third kappa shape index (κ3) is 2.70. The predicted octanol–water partition coefficient (Wildman–Crippen LogP) is 3.79. The van der Waals surface area contributed by atoms with Crippen molar-refractivity contribution in [1.29, 1.82) is 0 Å². The van der Waals surface area contributed by atoms with Crippen molar-refractivity contribution in [1.82, 2.24) is 14.8 Å². The average molecular weight is 322 g/mol. The van der Waals surface area contributed by atoms with Gasteiger partial charge in [-0.25, -0.2) is 0 Å². The van der Waals surface area contributed by atoms with E-state index in [0.29, 0.717) is 17.0 Å². The number of rotatable bonds is 5. The zero-order valence-corrected chi connectivity index (χ0v) is 13.1. The molecular formula is C15H16ClN3OS. The van der Waals surface area contributed by atoms with Gasteiger partial charge in [0.2, 0.25) is 0 Å². The number of nitrogens with zero attached hydrogens (tertiary/aromatic N) is 3. The molecule has 6 heteroatoms. The van der Waals surface area contributed by atoms with Crippen molar-refractivity contribution >= 4 is 23.4 Å². The van der Waals surface area contributed by atoms with E-state index in [1.54, 1.807) is 11.8 Å². The summed E-state index contributed by atoms with van der Waals surface area (Å²) in [5, 5.41) is 19.5. The zero-order valence-electron chi connectivity index (χ0n) is 11.5. The third-order valence-electron chi connectivity index (χ3n) is 3.95. The molecule has 0 radical (unpaired) electrons. The Labute approximate surface area is 132 Å². The minimum absolute atomic E-state index is 0.0339. The Hall–Kier alpha value is -1.04. The van der Waals surface area contributed by atoms with Crippen LogP contribution in [0.5, 0.6) is 0 Å². The molecule has 0 aliphatic heterocycles. The molecule has 1 aromatic heterocycles. The minimum atomic E-state index is -0.0339. The lowest BCUT2D eigenvalue weighted by molar-refractivity contribution is 0.282. The predicted molar refractivity (Wildman–Crippen MR) is 81.8 cm³/mol. The maximum Gasteiger partial charge on any atom is 0.196 e.